The molecule has 2 aliphatic heterocycles. The molecule has 0 aromatic carbocycles. The molecule has 5 aliphatic carbocycles. The summed E-state index contributed by atoms with van der Waals surface area (Å²) in [5, 5.41) is 9.49. The van der Waals surface area contributed by atoms with Crippen LogP contribution in [0, 0.1) is 33.5 Å². The standard InChI is InChI=1S/C45H73N7O6S/c1-9-30-25-45(30,40(57)50-59(58)49-31-19-20-31)48-37(54)33-26-44(42(7,8)43(44)21-15-22-43)27-52(33)39(56)36(41(4,5)6)47-38(55)35(29-16-11-10-12-17-29)46-34(53)24-32-18-13-14-23-51(32)28(2)3/h19,28-30,32-33,35-36,49H,9-18,20-27H2,1-8H3,(H,46,53)(H,47,55)(H,48,54)(H,50,57). The van der Waals surface area contributed by atoms with Crippen LogP contribution in [-0.4, -0.2) is 92.4 Å². The second kappa shape index (κ2) is 16.4. The summed E-state index contributed by atoms with van der Waals surface area (Å²) in [6.07, 6.45) is 15.6. The average molecular weight is 840 g/mol. The summed E-state index contributed by atoms with van der Waals surface area (Å²) in [6.45, 7) is 18.0. The van der Waals surface area contributed by atoms with Crippen molar-refractivity contribution in [1.82, 2.24) is 35.2 Å². The molecule has 13 nitrogen and oxygen atoms in total. The van der Waals surface area contributed by atoms with Crippen LogP contribution >= 0.6 is 0 Å². The maximum atomic E-state index is 15.3. The molecule has 14 heteroatoms. The van der Waals surface area contributed by atoms with Gasteiger partial charge in [0.25, 0.3) is 5.91 Å². The highest BCUT2D eigenvalue weighted by Crippen LogP contribution is 2.88. The third-order valence-corrected chi connectivity index (χ3v) is 17.3. The topological polar surface area (TPSA) is 169 Å². The molecule has 4 saturated carbocycles. The number of nitrogens with zero attached hydrogens (tertiary/aromatic N) is 2. The van der Waals surface area contributed by atoms with Gasteiger partial charge in [-0.05, 0) is 99.8 Å². The molecule has 7 rings (SSSR count). The van der Waals surface area contributed by atoms with Gasteiger partial charge >= 0.3 is 0 Å². The van der Waals surface area contributed by atoms with Crippen molar-refractivity contribution < 1.29 is 28.2 Å². The lowest BCUT2D eigenvalue weighted by Gasteiger charge is -2.39. The Morgan fingerprint density at radius 3 is 2.15 bits per heavy atom. The number of carbonyl (C=O) groups is 5. The summed E-state index contributed by atoms with van der Waals surface area (Å²) < 4.78 is 18.1. The Hall–Kier alpha value is -3.00. The number of hydrogen-bond acceptors (Lipinski definition) is 7. The molecule has 7 aliphatic rings. The maximum Gasteiger partial charge on any atom is 0.259 e. The van der Waals surface area contributed by atoms with Crippen LogP contribution in [0.4, 0.5) is 0 Å². The molecule has 0 radical (unpaired) electrons. The van der Waals surface area contributed by atoms with Gasteiger partial charge in [0.1, 0.15) is 23.7 Å². The fourth-order valence-corrected chi connectivity index (χ4v) is 13.2. The lowest BCUT2D eigenvalue weighted by Crippen LogP contribution is -2.62. The van der Waals surface area contributed by atoms with Crippen molar-refractivity contribution >= 4 is 40.7 Å². The van der Waals surface area contributed by atoms with Crippen molar-refractivity contribution in [2.24, 2.45) is 33.5 Å². The van der Waals surface area contributed by atoms with Crippen molar-refractivity contribution in [3.8, 4) is 0 Å². The zero-order valence-corrected chi connectivity index (χ0v) is 37.9. The number of allylic oxidation sites excluding steroid dienone is 2. The summed E-state index contributed by atoms with van der Waals surface area (Å²) >= 11 is -1.83. The molecule has 5 N–H and O–H groups in total. The molecule has 5 amide bonds. The molecule has 0 aromatic rings. The van der Waals surface area contributed by atoms with Crippen molar-refractivity contribution in [2.75, 3.05) is 13.1 Å². The number of carbonyl (C=O) groups excluding carboxylic acids is 5. The molecular weight excluding hydrogens is 767 g/mol. The van der Waals surface area contributed by atoms with Crippen LogP contribution in [0.3, 0.4) is 0 Å². The van der Waals surface area contributed by atoms with E-state index in [-0.39, 0.29) is 57.8 Å². The lowest BCUT2D eigenvalue weighted by atomic mass is 9.73. The van der Waals surface area contributed by atoms with Gasteiger partial charge in [0.2, 0.25) is 34.8 Å². The Labute approximate surface area is 355 Å². The first-order valence-corrected chi connectivity index (χ1v) is 24.1. The number of piperidine rings is 1. The molecule has 8 unspecified atom stereocenters. The Morgan fingerprint density at radius 2 is 1.59 bits per heavy atom. The van der Waals surface area contributed by atoms with Crippen molar-refractivity contribution in [3.63, 3.8) is 0 Å². The number of fused-ring (bicyclic) bond motifs is 1. The van der Waals surface area contributed by atoms with E-state index in [9.17, 15) is 23.4 Å². The van der Waals surface area contributed by atoms with Gasteiger partial charge in [0, 0.05) is 42.6 Å². The van der Waals surface area contributed by atoms with Crippen molar-refractivity contribution in [1.29, 1.82) is 0 Å². The highest BCUT2D eigenvalue weighted by Gasteiger charge is 2.85. The number of rotatable bonds is 15. The number of nitrogens with one attached hydrogen (secondary N) is 5. The van der Waals surface area contributed by atoms with Gasteiger partial charge in [-0.15, -0.1) is 0 Å². The van der Waals surface area contributed by atoms with E-state index in [4.69, 9.17) is 0 Å². The van der Waals surface area contributed by atoms with Crippen LogP contribution in [0.1, 0.15) is 158 Å². The zero-order valence-electron chi connectivity index (χ0n) is 37.1. The predicted octanol–water partition coefficient (Wildman–Crippen LogP) is 4.89. The second-order valence-corrected chi connectivity index (χ2v) is 22.2. The van der Waals surface area contributed by atoms with E-state index in [0.29, 0.717) is 44.7 Å². The predicted molar refractivity (Wildman–Crippen MR) is 228 cm³/mol. The van der Waals surface area contributed by atoms with E-state index >= 15 is 4.79 Å². The summed E-state index contributed by atoms with van der Waals surface area (Å²) in [6, 6.07) is -2.12. The fourth-order valence-electron chi connectivity index (χ4n) is 12.4. The average Bonchev–Trinajstić information content (AvgIpc) is 4.11. The first-order chi connectivity index (χ1) is 27.8. The Balaban J connectivity index is 1.12. The summed E-state index contributed by atoms with van der Waals surface area (Å²) in [7, 11) is 0. The highest BCUT2D eigenvalue weighted by atomic mass is 32.2. The van der Waals surface area contributed by atoms with Gasteiger partial charge in [-0.2, -0.15) is 0 Å². The van der Waals surface area contributed by atoms with Gasteiger partial charge in [-0.25, -0.2) is 4.21 Å². The summed E-state index contributed by atoms with van der Waals surface area (Å²) in [5.74, 6) is -1.82. The van der Waals surface area contributed by atoms with Crippen LogP contribution in [0.25, 0.3) is 0 Å². The minimum Gasteiger partial charge on any atom is -0.344 e. The monoisotopic (exact) mass is 840 g/mol. The van der Waals surface area contributed by atoms with Crippen molar-refractivity contribution in [2.45, 2.75) is 194 Å². The molecular formula is C45H73N7O6S. The first-order valence-electron chi connectivity index (χ1n) is 23.0. The maximum absolute atomic E-state index is 15.3. The van der Waals surface area contributed by atoms with Crippen LogP contribution < -0.4 is 25.4 Å². The number of hydrogen-bond donors (Lipinski definition) is 5. The Morgan fingerprint density at radius 1 is 0.915 bits per heavy atom. The lowest BCUT2D eigenvalue weighted by molar-refractivity contribution is -0.145. The molecule has 330 valence electrons. The summed E-state index contributed by atoms with van der Waals surface area (Å²) in [4.78, 5) is 76.4. The molecule has 2 heterocycles. The quantitative estimate of drug-likeness (QED) is 0.157. The molecule has 2 spiro atoms. The van der Waals surface area contributed by atoms with E-state index in [1.165, 1.54) is 0 Å². The van der Waals surface area contributed by atoms with Crippen LogP contribution in [0.15, 0.2) is 11.8 Å². The number of amides is 5. The zero-order chi connectivity index (χ0) is 42.7. The number of likely N-dealkylation sites (tertiary alicyclic amines) is 2. The van der Waals surface area contributed by atoms with Crippen LogP contribution in [0.2, 0.25) is 0 Å². The molecule has 59 heavy (non-hydrogen) atoms. The largest absolute Gasteiger partial charge is 0.344 e. The molecule has 0 bridgehead atoms. The molecule has 2 saturated heterocycles. The van der Waals surface area contributed by atoms with Gasteiger partial charge < -0.3 is 20.9 Å². The first kappa shape index (κ1) is 44.1. The molecule has 0 aromatic heterocycles. The van der Waals surface area contributed by atoms with Crippen LogP contribution in [-0.2, 0) is 35.1 Å². The van der Waals surface area contributed by atoms with E-state index in [1.54, 1.807) is 4.90 Å². The molecule has 8 atom stereocenters. The van der Waals surface area contributed by atoms with Gasteiger partial charge in [0.15, 0.2) is 0 Å². The van der Waals surface area contributed by atoms with Gasteiger partial charge in [-0.1, -0.05) is 86.1 Å². The SMILES string of the molecule is CCC1CC1(NC(=O)C1CC2(CN1C(=O)C(NC(=O)C(NC(=O)CC1CCCCN1C(C)C)C1CCCCC1)C(C)(C)C)C(C)(C)C21CCC1)C(=O)NS(=O)NC1=CC1. The Bertz CT molecular complexity index is 1730. The molecule has 6 fully saturated rings. The van der Waals surface area contributed by atoms with E-state index < -0.39 is 46.2 Å². The normalized spacial score (nSPS) is 32.3. The third-order valence-electron chi connectivity index (χ3n) is 16.4. The van der Waals surface area contributed by atoms with E-state index in [0.717, 1.165) is 82.9 Å². The Kier molecular flexibility index (Phi) is 12.2. The smallest absolute Gasteiger partial charge is 0.259 e. The van der Waals surface area contributed by atoms with Gasteiger partial charge in [0.05, 0.1) is 0 Å². The van der Waals surface area contributed by atoms with E-state index in [1.807, 2.05) is 33.8 Å². The minimum atomic E-state index is -1.83. The minimum absolute atomic E-state index is 0.0341. The van der Waals surface area contributed by atoms with Crippen molar-refractivity contribution in [3.05, 3.63) is 11.8 Å². The van der Waals surface area contributed by atoms with Gasteiger partial charge in [-0.3, -0.25) is 38.3 Å². The van der Waals surface area contributed by atoms with E-state index in [2.05, 4.69) is 58.0 Å². The third kappa shape index (κ3) is 8.11. The second-order valence-electron chi connectivity index (χ2n) is 21.3. The highest BCUT2D eigenvalue weighted by molar-refractivity contribution is 7.81. The van der Waals surface area contributed by atoms with Crippen LogP contribution in [0.5, 0.6) is 0 Å². The summed E-state index contributed by atoms with van der Waals surface area (Å²) in [5.41, 5.74) is -1.46. The fraction of sp³-hybridized carbons (Fsp3) is 0.844.